The number of benzene rings is 1. The highest BCUT2D eigenvalue weighted by Gasteiger charge is 2.47. The van der Waals surface area contributed by atoms with E-state index in [1.165, 1.54) is 26.3 Å². The molecule has 9 heteroatoms. The smallest absolute Gasteiger partial charge is 0.329 e. The van der Waals surface area contributed by atoms with Gasteiger partial charge in [-0.15, -0.1) is 0 Å². The van der Waals surface area contributed by atoms with E-state index in [0.29, 0.717) is 18.8 Å². The Morgan fingerprint density at radius 1 is 1.18 bits per heavy atom. The van der Waals surface area contributed by atoms with Crippen LogP contribution in [0.2, 0.25) is 0 Å². The summed E-state index contributed by atoms with van der Waals surface area (Å²) >= 11 is 0. The maximum Gasteiger partial charge on any atom is 0.329 e. The van der Waals surface area contributed by atoms with Gasteiger partial charge in [0.1, 0.15) is 17.4 Å². The number of pyridine rings is 1. The first-order valence-corrected chi connectivity index (χ1v) is 11.3. The van der Waals surface area contributed by atoms with E-state index in [1.807, 2.05) is 44.2 Å². The lowest BCUT2D eigenvalue weighted by Crippen LogP contribution is -2.61. The van der Waals surface area contributed by atoms with Crippen molar-refractivity contribution in [3.63, 3.8) is 0 Å². The number of methoxy groups -OCH3 is 1. The van der Waals surface area contributed by atoms with Crippen molar-refractivity contribution in [1.82, 2.24) is 10.3 Å². The molecule has 0 saturated carbocycles. The van der Waals surface area contributed by atoms with Crippen molar-refractivity contribution < 1.29 is 34.0 Å². The van der Waals surface area contributed by atoms with Gasteiger partial charge in [0.2, 0.25) is 0 Å². The zero-order valence-electron chi connectivity index (χ0n) is 20.3. The third kappa shape index (κ3) is 6.17. The molecule has 0 aliphatic carbocycles. The zero-order valence-corrected chi connectivity index (χ0v) is 20.3. The lowest BCUT2D eigenvalue weighted by molar-refractivity contribution is -0.151. The van der Waals surface area contributed by atoms with Gasteiger partial charge in [-0.1, -0.05) is 39.0 Å². The molecule has 0 fully saturated rings. The van der Waals surface area contributed by atoms with Gasteiger partial charge in [-0.2, -0.15) is 0 Å². The number of rotatable bonds is 13. The van der Waals surface area contributed by atoms with Crippen LogP contribution in [0.15, 0.2) is 42.6 Å². The average molecular weight is 475 g/mol. The van der Waals surface area contributed by atoms with E-state index >= 15 is 0 Å². The summed E-state index contributed by atoms with van der Waals surface area (Å²) in [6.07, 6.45) is 1.45. The number of carbonyl (C=O) groups excluding carboxylic acids is 1. The summed E-state index contributed by atoms with van der Waals surface area (Å²) < 4.78 is 17.3. The minimum atomic E-state index is -1.76. The van der Waals surface area contributed by atoms with Crippen LogP contribution in [-0.2, 0) is 9.53 Å². The molecule has 2 aromatic rings. The molecule has 0 aliphatic rings. The monoisotopic (exact) mass is 474 g/mol. The number of nitrogens with zero attached hydrogens (tertiary/aromatic N) is 1. The number of ether oxygens (including phenoxy) is 3. The lowest BCUT2D eigenvalue weighted by Gasteiger charge is -2.40. The van der Waals surface area contributed by atoms with E-state index in [2.05, 4.69) is 10.3 Å². The maximum absolute atomic E-state index is 13.0. The highest BCUT2D eigenvalue weighted by atomic mass is 16.5. The molecule has 1 heterocycles. The Bertz CT molecular complexity index is 954. The van der Waals surface area contributed by atoms with Crippen molar-refractivity contribution in [1.29, 1.82) is 0 Å². The molecule has 34 heavy (non-hydrogen) atoms. The second kappa shape index (κ2) is 12.2. The molecule has 1 aromatic carbocycles. The van der Waals surface area contributed by atoms with Gasteiger partial charge in [0, 0.05) is 24.8 Å². The Kier molecular flexibility index (Phi) is 9.68. The fourth-order valence-electron chi connectivity index (χ4n) is 3.64. The van der Waals surface area contributed by atoms with Gasteiger partial charge < -0.3 is 29.7 Å². The number of hydrogen-bond donors (Lipinski definition) is 3. The largest absolute Gasteiger partial charge is 0.503 e. The first-order valence-electron chi connectivity index (χ1n) is 11.3. The fraction of sp³-hybridized carbons (Fsp3) is 0.480. The summed E-state index contributed by atoms with van der Waals surface area (Å²) in [7, 11) is 1.34. The summed E-state index contributed by atoms with van der Waals surface area (Å²) in [4.78, 5) is 29.4. The summed E-state index contributed by atoms with van der Waals surface area (Å²) in [5, 5.41) is 23.0. The molecular formula is C25H34N2O7. The van der Waals surface area contributed by atoms with Crippen molar-refractivity contribution >= 4 is 11.9 Å². The second-order valence-corrected chi connectivity index (χ2v) is 8.17. The number of para-hydroxylation sites is 1. The van der Waals surface area contributed by atoms with Gasteiger partial charge in [-0.05, 0) is 31.9 Å². The molecule has 0 spiro atoms. The number of carboxylic acid groups (broad SMARTS) is 1. The number of carboxylic acids is 1. The van der Waals surface area contributed by atoms with E-state index < -0.39 is 41.3 Å². The quantitative estimate of drug-likeness (QED) is 0.401. The van der Waals surface area contributed by atoms with Crippen molar-refractivity contribution in [3.05, 3.63) is 48.3 Å². The molecule has 0 aliphatic heterocycles. The van der Waals surface area contributed by atoms with Crippen LogP contribution in [0, 0.1) is 5.92 Å². The Labute approximate surface area is 200 Å². The van der Waals surface area contributed by atoms with Crippen molar-refractivity contribution in [2.75, 3.05) is 13.7 Å². The maximum atomic E-state index is 13.0. The Hall–Kier alpha value is -3.33. The third-order valence-corrected chi connectivity index (χ3v) is 5.86. The highest BCUT2D eigenvalue weighted by Crippen LogP contribution is 2.31. The molecule has 3 N–H and O–H groups in total. The lowest BCUT2D eigenvalue weighted by atomic mass is 9.80. The molecular weight excluding hydrogens is 440 g/mol. The van der Waals surface area contributed by atoms with Crippen LogP contribution < -0.4 is 14.8 Å². The number of nitrogens with one attached hydrogen (secondary N) is 1. The molecule has 2 rings (SSSR count). The van der Waals surface area contributed by atoms with Gasteiger partial charge in [0.25, 0.3) is 5.91 Å². The van der Waals surface area contributed by atoms with Crippen LogP contribution >= 0.6 is 0 Å². The molecule has 0 bridgehead atoms. The molecule has 0 saturated heterocycles. The average Bonchev–Trinajstić information content (AvgIpc) is 2.83. The minimum Gasteiger partial charge on any atom is -0.503 e. The molecule has 186 valence electrons. The summed E-state index contributed by atoms with van der Waals surface area (Å²) in [6, 6.07) is 10.6. The minimum absolute atomic E-state index is 0.0525. The first kappa shape index (κ1) is 26.9. The topological polar surface area (TPSA) is 127 Å². The first-order chi connectivity index (χ1) is 16.2. The number of hydrogen-bond acceptors (Lipinski definition) is 7. The standard InChI is InChI=1S/C25H34N2O7/c1-6-15-33-22(18(7-2)34-17-11-9-8-10-12-17)16(3)25(4,24(30)31)27-23(29)20-21(28)19(32-5)13-14-26-20/h8-14,16,18,22,28H,6-7,15H2,1-5H3,(H,27,29)(H,30,31)/t16-,18+,22+,25+/m1/s1. The molecule has 4 atom stereocenters. The number of carbonyl (C=O) groups is 2. The van der Waals surface area contributed by atoms with Crippen LogP contribution in [0.5, 0.6) is 17.2 Å². The van der Waals surface area contributed by atoms with Gasteiger partial charge >= 0.3 is 5.97 Å². The van der Waals surface area contributed by atoms with Crippen molar-refractivity contribution in [3.8, 4) is 17.2 Å². The Morgan fingerprint density at radius 2 is 1.85 bits per heavy atom. The molecule has 0 radical (unpaired) electrons. The predicted molar refractivity (Wildman–Crippen MR) is 126 cm³/mol. The Morgan fingerprint density at radius 3 is 2.41 bits per heavy atom. The second-order valence-electron chi connectivity index (χ2n) is 8.17. The number of amides is 1. The molecule has 9 nitrogen and oxygen atoms in total. The highest BCUT2D eigenvalue weighted by molar-refractivity contribution is 5.98. The molecule has 1 amide bonds. The normalized spacial score (nSPS) is 15.4. The van der Waals surface area contributed by atoms with Crippen LogP contribution in [0.25, 0.3) is 0 Å². The zero-order chi connectivity index (χ0) is 25.3. The summed E-state index contributed by atoms with van der Waals surface area (Å²) in [5.41, 5.74) is -2.10. The number of aromatic nitrogens is 1. The molecule has 1 aromatic heterocycles. The van der Waals surface area contributed by atoms with E-state index in [9.17, 15) is 19.8 Å². The van der Waals surface area contributed by atoms with Gasteiger partial charge in [-0.3, -0.25) is 4.79 Å². The molecule has 0 unspecified atom stereocenters. The van der Waals surface area contributed by atoms with Crippen LogP contribution in [-0.4, -0.2) is 58.5 Å². The Balaban J connectivity index is 2.38. The number of aliphatic carboxylic acids is 1. The van der Waals surface area contributed by atoms with Crippen LogP contribution in [0.1, 0.15) is 51.0 Å². The summed E-state index contributed by atoms with van der Waals surface area (Å²) in [5.74, 6) is -2.60. The van der Waals surface area contributed by atoms with Crippen molar-refractivity contribution in [2.24, 2.45) is 5.92 Å². The van der Waals surface area contributed by atoms with E-state index in [0.717, 1.165) is 6.42 Å². The van der Waals surface area contributed by atoms with Gasteiger partial charge in [-0.25, -0.2) is 9.78 Å². The van der Waals surface area contributed by atoms with E-state index in [4.69, 9.17) is 14.2 Å². The van der Waals surface area contributed by atoms with Crippen LogP contribution in [0.4, 0.5) is 0 Å². The number of aromatic hydroxyl groups is 1. The van der Waals surface area contributed by atoms with Crippen molar-refractivity contribution in [2.45, 2.75) is 58.3 Å². The van der Waals surface area contributed by atoms with Crippen LogP contribution in [0.3, 0.4) is 0 Å². The third-order valence-electron chi connectivity index (χ3n) is 5.86. The van der Waals surface area contributed by atoms with Gasteiger partial charge in [0.15, 0.2) is 17.2 Å². The fourth-order valence-corrected chi connectivity index (χ4v) is 3.64. The van der Waals surface area contributed by atoms with E-state index in [1.54, 1.807) is 6.92 Å². The summed E-state index contributed by atoms with van der Waals surface area (Å²) in [6.45, 7) is 7.39. The van der Waals surface area contributed by atoms with Gasteiger partial charge in [0.05, 0.1) is 13.2 Å². The SMILES string of the molecule is CCCO[C@H]([C@H](CC)Oc1ccccc1)[C@@H](C)[C@](C)(NC(=O)c1nccc(OC)c1O)C(=O)O. The van der Waals surface area contributed by atoms with E-state index in [-0.39, 0.29) is 11.4 Å². The predicted octanol–water partition coefficient (Wildman–Crippen LogP) is 3.66.